The smallest absolute Gasteiger partial charge is 0.257 e. The normalized spacial score (nSPS) is 29.0. The number of piperidine rings is 1. The molecule has 34 heavy (non-hydrogen) atoms. The summed E-state index contributed by atoms with van der Waals surface area (Å²) < 4.78 is 26.9. The van der Waals surface area contributed by atoms with E-state index in [2.05, 4.69) is 22.4 Å². The maximum atomic E-state index is 13.5. The van der Waals surface area contributed by atoms with Gasteiger partial charge in [-0.2, -0.15) is 0 Å². The van der Waals surface area contributed by atoms with Gasteiger partial charge >= 0.3 is 0 Å². The van der Waals surface area contributed by atoms with Crippen LogP contribution in [0.5, 0.6) is 0 Å². The van der Waals surface area contributed by atoms with Crippen molar-refractivity contribution in [1.29, 1.82) is 0 Å². The second-order valence-electron chi connectivity index (χ2n) is 10.5. The third-order valence-electron chi connectivity index (χ3n) is 7.71. The van der Waals surface area contributed by atoms with E-state index < -0.39 is 5.92 Å². The number of halogens is 2. The molecule has 8 heteroatoms. The minimum absolute atomic E-state index is 0.0121. The van der Waals surface area contributed by atoms with Crippen LogP contribution in [0.1, 0.15) is 54.9 Å². The lowest BCUT2D eigenvalue weighted by molar-refractivity contribution is -0.0116. The number of likely N-dealkylation sites (tertiary alicyclic amines) is 1. The summed E-state index contributed by atoms with van der Waals surface area (Å²) in [4.78, 5) is 19.0. The summed E-state index contributed by atoms with van der Waals surface area (Å²) in [7, 11) is 0. The van der Waals surface area contributed by atoms with Crippen LogP contribution in [0.25, 0.3) is 11.1 Å². The number of nitrogens with one attached hydrogen (secondary N) is 1. The molecule has 1 saturated heterocycles. The van der Waals surface area contributed by atoms with Gasteiger partial charge in [-0.3, -0.25) is 9.69 Å². The molecule has 2 aliphatic carbocycles. The molecule has 5 rings (SSSR count). The Balaban J connectivity index is 1.28. The van der Waals surface area contributed by atoms with Gasteiger partial charge in [0.15, 0.2) is 0 Å². The number of hydrogen-bond acceptors (Lipinski definition) is 5. The summed E-state index contributed by atoms with van der Waals surface area (Å²) in [6, 6.07) is 9.96. The first-order chi connectivity index (χ1) is 16.1. The van der Waals surface area contributed by atoms with Crippen LogP contribution < -0.4 is 11.1 Å². The van der Waals surface area contributed by atoms with Gasteiger partial charge in [-0.1, -0.05) is 24.3 Å². The van der Waals surface area contributed by atoms with Crippen LogP contribution >= 0.6 is 0 Å². The van der Waals surface area contributed by atoms with Crippen LogP contribution in [0.15, 0.2) is 36.5 Å². The number of carbonyl (C=O) groups is 1. The maximum absolute atomic E-state index is 13.5. The second kappa shape index (κ2) is 8.57. The lowest BCUT2D eigenvalue weighted by atomic mass is 9.92. The number of amides is 1. The number of aliphatic hydroxyl groups excluding tert-OH is 1. The van der Waals surface area contributed by atoms with Crippen molar-refractivity contribution in [3.05, 3.63) is 47.7 Å². The molecule has 2 atom stereocenters. The number of alkyl halides is 2. The van der Waals surface area contributed by atoms with E-state index in [0.717, 1.165) is 43.9 Å². The Morgan fingerprint density at radius 2 is 1.94 bits per heavy atom. The SMILES string of the molecule is CC(F)(F)CN1CC2CC2(c2ccc(-c3cnc(N)c(C(=O)NC4CCC(O)CC4)c3)cc2)C1. The summed E-state index contributed by atoms with van der Waals surface area (Å²) in [5, 5.41) is 12.7. The van der Waals surface area contributed by atoms with Crippen molar-refractivity contribution in [3.8, 4) is 11.1 Å². The predicted molar refractivity (Wildman–Crippen MR) is 127 cm³/mol. The van der Waals surface area contributed by atoms with Crippen molar-refractivity contribution in [3.63, 3.8) is 0 Å². The van der Waals surface area contributed by atoms with Gasteiger partial charge in [0.1, 0.15) is 5.82 Å². The molecule has 3 aliphatic rings. The Morgan fingerprint density at radius 3 is 2.62 bits per heavy atom. The van der Waals surface area contributed by atoms with Crippen molar-refractivity contribution >= 4 is 11.7 Å². The van der Waals surface area contributed by atoms with Gasteiger partial charge in [0.25, 0.3) is 11.8 Å². The van der Waals surface area contributed by atoms with Crippen molar-refractivity contribution in [2.45, 2.75) is 62.5 Å². The number of aromatic nitrogens is 1. The van der Waals surface area contributed by atoms with Crippen LogP contribution in [0.2, 0.25) is 0 Å². The minimum atomic E-state index is -2.67. The topological polar surface area (TPSA) is 91.5 Å². The fourth-order valence-corrected chi connectivity index (χ4v) is 5.84. The Bertz CT molecular complexity index is 1060. The van der Waals surface area contributed by atoms with Gasteiger partial charge in [0.05, 0.1) is 18.2 Å². The molecule has 4 N–H and O–H groups in total. The lowest BCUT2D eigenvalue weighted by Gasteiger charge is -2.26. The molecule has 2 unspecified atom stereocenters. The van der Waals surface area contributed by atoms with Crippen molar-refractivity contribution < 1.29 is 18.7 Å². The van der Waals surface area contributed by atoms with Gasteiger partial charge in [0, 0.05) is 43.2 Å². The van der Waals surface area contributed by atoms with E-state index in [1.54, 1.807) is 12.3 Å². The number of hydrogen-bond donors (Lipinski definition) is 3. The monoisotopic (exact) mass is 470 g/mol. The highest BCUT2D eigenvalue weighted by Gasteiger charge is 2.61. The van der Waals surface area contributed by atoms with Gasteiger partial charge in [0.2, 0.25) is 0 Å². The van der Waals surface area contributed by atoms with E-state index in [0.29, 0.717) is 30.9 Å². The molecule has 0 radical (unpaired) electrons. The van der Waals surface area contributed by atoms with Crippen LogP contribution in [-0.4, -0.2) is 58.6 Å². The fraction of sp³-hybridized carbons (Fsp3) is 0.538. The molecule has 1 aromatic heterocycles. The van der Waals surface area contributed by atoms with E-state index in [1.165, 1.54) is 5.56 Å². The highest BCUT2D eigenvalue weighted by atomic mass is 19.3. The summed E-state index contributed by atoms with van der Waals surface area (Å²) in [5.74, 6) is -2.29. The lowest BCUT2D eigenvalue weighted by Crippen LogP contribution is -2.38. The van der Waals surface area contributed by atoms with Gasteiger partial charge in [-0.25, -0.2) is 13.8 Å². The van der Waals surface area contributed by atoms with Crippen molar-refractivity contribution in [2.75, 3.05) is 25.4 Å². The zero-order chi connectivity index (χ0) is 24.1. The fourth-order valence-electron chi connectivity index (χ4n) is 5.84. The molecule has 3 fully saturated rings. The highest BCUT2D eigenvalue weighted by Crippen LogP contribution is 2.59. The number of nitrogen functional groups attached to an aromatic ring is 1. The van der Waals surface area contributed by atoms with Crippen molar-refractivity contribution in [2.24, 2.45) is 5.92 Å². The van der Waals surface area contributed by atoms with Gasteiger partial charge < -0.3 is 16.2 Å². The highest BCUT2D eigenvalue weighted by molar-refractivity contribution is 5.99. The third-order valence-corrected chi connectivity index (χ3v) is 7.71. The quantitative estimate of drug-likeness (QED) is 0.600. The number of benzene rings is 1. The first kappa shape index (κ1) is 23.2. The second-order valence-corrected chi connectivity index (χ2v) is 10.5. The van der Waals surface area contributed by atoms with Crippen LogP contribution in [-0.2, 0) is 5.41 Å². The number of rotatable bonds is 6. The molecule has 1 amide bonds. The first-order valence-electron chi connectivity index (χ1n) is 12.1. The summed E-state index contributed by atoms with van der Waals surface area (Å²) in [6.07, 6.45) is 5.30. The zero-order valence-electron chi connectivity index (χ0n) is 19.4. The molecule has 2 saturated carbocycles. The maximum Gasteiger partial charge on any atom is 0.257 e. The molecule has 1 aromatic carbocycles. The molecule has 2 aromatic rings. The Morgan fingerprint density at radius 1 is 1.24 bits per heavy atom. The molecule has 2 heterocycles. The summed E-state index contributed by atoms with van der Waals surface area (Å²) >= 11 is 0. The first-order valence-corrected chi connectivity index (χ1v) is 12.1. The van der Waals surface area contributed by atoms with Crippen LogP contribution in [0.4, 0.5) is 14.6 Å². The van der Waals surface area contributed by atoms with Gasteiger partial charge in [-0.05, 0) is 55.2 Å². The Kier molecular flexibility index (Phi) is 5.84. The minimum Gasteiger partial charge on any atom is -0.393 e. The molecule has 1 aliphatic heterocycles. The molecular formula is C26H32F2N4O2. The average Bonchev–Trinajstić information content (AvgIpc) is 3.36. The molecular weight excluding hydrogens is 438 g/mol. The largest absolute Gasteiger partial charge is 0.393 e. The molecule has 6 nitrogen and oxygen atoms in total. The molecule has 182 valence electrons. The van der Waals surface area contributed by atoms with Crippen molar-refractivity contribution in [1.82, 2.24) is 15.2 Å². The Labute approximate surface area is 198 Å². The summed E-state index contributed by atoms with van der Waals surface area (Å²) in [5.41, 5.74) is 9.26. The zero-order valence-corrected chi connectivity index (χ0v) is 19.4. The number of fused-ring (bicyclic) bond motifs is 1. The Hall–Kier alpha value is -2.58. The average molecular weight is 471 g/mol. The molecule has 0 bridgehead atoms. The number of anilines is 1. The van der Waals surface area contributed by atoms with Crippen LogP contribution in [0.3, 0.4) is 0 Å². The number of nitrogens with zero attached hydrogens (tertiary/aromatic N) is 2. The van der Waals surface area contributed by atoms with Crippen LogP contribution in [0, 0.1) is 5.92 Å². The van der Waals surface area contributed by atoms with E-state index in [1.807, 2.05) is 17.0 Å². The van der Waals surface area contributed by atoms with E-state index in [-0.39, 0.29) is 35.8 Å². The number of carbonyl (C=O) groups excluding carboxylic acids is 1. The number of nitrogens with two attached hydrogens (primary N) is 1. The number of pyridine rings is 1. The molecule has 0 spiro atoms. The van der Waals surface area contributed by atoms with E-state index in [4.69, 9.17) is 5.73 Å². The van der Waals surface area contributed by atoms with E-state index in [9.17, 15) is 18.7 Å². The summed E-state index contributed by atoms with van der Waals surface area (Å²) in [6.45, 7) is 2.19. The number of aliphatic hydroxyl groups is 1. The van der Waals surface area contributed by atoms with E-state index >= 15 is 0 Å². The predicted octanol–water partition coefficient (Wildman–Crippen LogP) is 3.59. The third kappa shape index (κ3) is 4.66. The standard InChI is InChI=1S/C26H32F2N4O2/c1-25(27,28)14-32-13-19-11-26(19,15-32)18-4-2-16(3-5-18)17-10-22(23(29)30-12-17)24(34)31-20-6-8-21(33)9-7-20/h2-5,10,12,19-21,33H,6-9,11,13-15H2,1H3,(H2,29,30)(H,31,34). The van der Waals surface area contributed by atoms with Gasteiger partial charge in [-0.15, -0.1) is 0 Å².